The van der Waals surface area contributed by atoms with Crippen molar-refractivity contribution in [3.8, 4) is 33.8 Å². The van der Waals surface area contributed by atoms with Gasteiger partial charge in [0.15, 0.2) is 48.0 Å². The second-order valence-electron chi connectivity index (χ2n) is 12.5. The summed E-state index contributed by atoms with van der Waals surface area (Å²) in [7, 11) is 0. The fraction of sp³-hybridized carbons (Fsp3) is 0.297. The summed E-state index contributed by atoms with van der Waals surface area (Å²) >= 11 is 0. The van der Waals surface area contributed by atoms with Crippen LogP contribution in [0.5, 0.6) is 11.5 Å². The van der Waals surface area contributed by atoms with Crippen molar-refractivity contribution >= 4 is 33.4 Å². The van der Waals surface area contributed by atoms with Crippen LogP contribution in [0.15, 0.2) is 72.8 Å². The number of anilines is 2. The zero-order chi connectivity index (χ0) is 41.7. The Hall–Kier alpha value is -5.76. The second-order valence-corrected chi connectivity index (χ2v) is 12.5. The molecule has 0 aliphatic heterocycles. The van der Waals surface area contributed by atoms with E-state index in [1.807, 2.05) is 0 Å². The van der Waals surface area contributed by atoms with Crippen LogP contribution in [0, 0.1) is 11.6 Å². The van der Waals surface area contributed by atoms with Gasteiger partial charge in [-0.3, -0.25) is 9.36 Å². The van der Waals surface area contributed by atoms with Crippen LogP contribution in [-0.4, -0.2) is 74.5 Å². The molecule has 0 saturated heterocycles. The summed E-state index contributed by atoms with van der Waals surface area (Å²) in [5.74, 6) is -7.80. The Kier molecular flexibility index (Phi) is 12.8. The quantitative estimate of drug-likeness (QED) is 0.0856. The number of rotatable bonds is 13. The van der Waals surface area contributed by atoms with Crippen LogP contribution in [0.3, 0.4) is 0 Å². The zero-order valence-electron chi connectivity index (χ0n) is 29.5. The maximum absolute atomic E-state index is 14.3. The SMILES string of the molecule is Nc1nn(CCCO)c2cc(-c3cccc(F)c3OCC(F)(F)C(F)(F)F)ccc12.Nc1nn(CCCO)c2cc(-c3cccc(F)c3OCC(F)(F)F)ccc12. The van der Waals surface area contributed by atoms with Gasteiger partial charge in [0.2, 0.25) is 0 Å². The predicted octanol–water partition coefficient (Wildman–Crippen LogP) is 8.13. The third-order valence-corrected chi connectivity index (χ3v) is 8.37. The van der Waals surface area contributed by atoms with Crippen LogP contribution in [0.1, 0.15) is 12.8 Å². The fourth-order valence-electron chi connectivity index (χ4n) is 5.68. The minimum absolute atomic E-state index is 0.0108. The van der Waals surface area contributed by atoms with Crippen LogP contribution in [0.4, 0.5) is 55.5 Å². The molecule has 0 aliphatic rings. The van der Waals surface area contributed by atoms with Crippen molar-refractivity contribution in [2.75, 3.05) is 37.9 Å². The first kappa shape index (κ1) is 42.4. The van der Waals surface area contributed by atoms with Gasteiger partial charge in [-0.1, -0.05) is 36.4 Å². The van der Waals surface area contributed by atoms with E-state index in [-0.39, 0.29) is 30.2 Å². The van der Waals surface area contributed by atoms with Gasteiger partial charge in [-0.05, 0) is 60.4 Å². The van der Waals surface area contributed by atoms with Crippen molar-refractivity contribution in [1.29, 1.82) is 0 Å². The summed E-state index contributed by atoms with van der Waals surface area (Å²) in [5.41, 5.74) is 13.8. The molecule has 0 saturated carbocycles. The highest BCUT2D eigenvalue weighted by Crippen LogP contribution is 2.40. The van der Waals surface area contributed by atoms with E-state index in [1.165, 1.54) is 35.0 Å². The monoisotopic (exact) mass is 816 g/mol. The molecule has 6 rings (SSSR count). The second kappa shape index (κ2) is 17.2. The number of benzene rings is 4. The minimum Gasteiger partial charge on any atom is -0.483 e. The summed E-state index contributed by atoms with van der Waals surface area (Å²) in [6.45, 7) is -3.03. The Morgan fingerprint density at radius 3 is 1.40 bits per heavy atom. The number of hydrogen-bond donors (Lipinski definition) is 4. The lowest BCUT2D eigenvalue weighted by Gasteiger charge is -2.21. The van der Waals surface area contributed by atoms with Gasteiger partial charge in [0, 0.05) is 48.2 Å². The normalized spacial score (nSPS) is 12.2. The highest BCUT2D eigenvalue weighted by Gasteiger charge is 2.58. The first-order valence-electron chi connectivity index (χ1n) is 16.9. The maximum Gasteiger partial charge on any atom is 0.456 e. The number of hydrogen-bond acceptors (Lipinski definition) is 8. The Balaban J connectivity index is 0.000000219. The lowest BCUT2D eigenvalue weighted by atomic mass is 10.0. The van der Waals surface area contributed by atoms with E-state index < -0.39 is 54.6 Å². The average molecular weight is 817 g/mol. The molecule has 0 unspecified atom stereocenters. The number of nitrogen functional groups attached to an aromatic ring is 2. The van der Waals surface area contributed by atoms with Gasteiger partial charge in [-0.15, -0.1) is 0 Å². The average Bonchev–Trinajstić information content (AvgIpc) is 3.64. The van der Waals surface area contributed by atoms with Crippen molar-refractivity contribution in [2.45, 2.75) is 44.2 Å². The number of ether oxygens (including phenoxy) is 2. The molecule has 0 amide bonds. The Morgan fingerprint density at radius 1 is 0.596 bits per heavy atom. The number of aliphatic hydroxyl groups is 2. The van der Waals surface area contributed by atoms with Crippen molar-refractivity contribution in [3.05, 3.63) is 84.4 Å². The van der Waals surface area contributed by atoms with Gasteiger partial charge in [0.25, 0.3) is 0 Å². The molecule has 0 aliphatic carbocycles. The van der Waals surface area contributed by atoms with Gasteiger partial charge in [-0.25, -0.2) is 8.78 Å². The number of alkyl halides is 8. The van der Waals surface area contributed by atoms with Crippen LogP contribution in [0.25, 0.3) is 44.1 Å². The molecular formula is C37H34F10N6O4. The van der Waals surface area contributed by atoms with Gasteiger partial charge in [-0.2, -0.15) is 45.3 Å². The van der Waals surface area contributed by atoms with Crippen LogP contribution in [-0.2, 0) is 13.1 Å². The lowest BCUT2D eigenvalue weighted by molar-refractivity contribution is -0.290. The molecule has 306 valence electrons. The summed E-state index contributed by atoms with van der Waals surface area (Å²) in [5, 5.41) is 27.6. The largest absolute Gasteiger partial charge is 0.483 e. The first-order valence-corrected chi connectivity index (χ1v) is 16.9. The van der Waals surface area contributed by atoms with E-state index in [9.17, 15) is 43.9 Å². The topological polar surface area (TPSA) is 147 Å². The van der Waals surface area contributed by atoms with E-state index in [0.29, 0.717) is 64.7 Å². The van der Waals surface area contributed by atoms with E-state index in [2.05, 4.69) is 14.9 Å². The highest BCUT2D eigenvalue weighted by atomic mass is 19.4. The molecule has 0 fully saturated rings. The Labute approximate surface area is 316 Å². The smallest absolute Gasteiger partial charge is 0.456 e. The number of nitrogens with zero attached hydrogens (tertiary/aromatic N) is 4. The third-order valence-electron chi connectivity index (χ3n) is 8.37. The molecule has 10 nitrogen and oxygen atoms in total. The molecule has 4 aromatic carbocycles. The first-order chi connectivity index (χ1) is 26.8. The van der Waals surface area contributed by atoms with Gasteiger partial charge < -0.3 is 31.2 Å². The van der Waals surface area contributed by atoms with E-state index in [4.69, 9.17) is 26.4 Å². The number of aliphatic hydroxyl groups excluding tert-OH is 2. The summed E-state index contributed by atoms with van der Waals surface area (Å²) in [6.07, 6.45) is -9.56. The highest BCUT2D eigenvalue weighted by molar-refractivity contribution is 5.94. The zero-order valence-corrected chi connectivity index (χ0v) is 29.5. The number of fused-ring (bicyclic) bond motifs is 2. The van der Waals surface area contributed by atoms with Crippen LogP contribution in [0.2, 0.25) is 0 Å². The van der Waals surface area contributed by atoms with Gasteiger partial charge in [0.05, 0.1) is 11.0 Å². The van der Waals surface area contributed by atoms with Crippen LogP contribution >= 0.6 is 0 Å². The number of para-hydroxylation sites is 2. The molecular weight excluding hydrogens is 782 g/mol. The molecule has 0 radical (unpaired) electrons. The molecule has 6 N–H and O–H groups in total. The molecule has 20 heteroatoms. The minimum atomic E-state index is -5.83. The number of aryl methyl sites for hydroxylation is 2. The van der Waals surface area contributed by atoms with Crippen LogP contribution < -0.4 is 20.9 Å². The number of halogens is 10. The number of aromatic nitrogens is 4. The lowest BCUT2D eigenvalue weighted by Crippen LogP contribution is -2.41. The Morgan fingerprint density at radius 2 is 1.02 bits per heavy atom. The summed E-state index contributed by atoms with van der Waals surface area (Å²) in [4.78, 5) is 0. The standard InChI is InChI=1S/C19H17F6N3O2.C18H17F4N3O2/c20-14-4-1-3-12(16(14)30-10-18(21,22)19(23,24)25)11-5-6-13-15(9-11)28(7-2-8-29)27-17(13)26;19-14-4-1-3-12(16(14)27-10-18(20,21)22)11-5-6-13-15(9-11)25(7-2-8-26)24-17(13)23/h1,3-6,9,29H,2,7-8,10H2,(H2,26,27);1,3-6,9,26H,2,7-8,10H2,(H2,23,24). The van der Waals surface area contributed by atoms with E-state index in [0.717, 1.165) is 12.1 Å². The van der Waals surface area contributed by atoms with Gasteiger partial charge >= 0.3 is 18.3 Å². The molecule has 57 heavy (non-hydrogen) atoms. The molecule has 0 atom stereocenters. The summed E-state index contributed by atoms with van der Waals surface area (Å²) < 4.78 is 142. The van der Waals surface area contributed by atoms with Crippen molar-refractivity contribution in [1.82, 2.24) is 19.6 Å². The number of nitrogens with two attached hydrogens (primary N) is 2. The molecule has 0 bridgehead atoms. The maximum atomic E-state index is 14.3. The van der Waals surface area contributed by atoms with Crippen molar-refractivity contribution < 1.29 is 63.6 Å². The van der Waals surface area contributed by atoms with Crippen molar-refractivity contribution in [2.24, 2.45) is 0 Å². The predicted molar refractivity (Wildman–Crippen MR) is 191 cm³/mol. The molecule has 2 aromatic heterocycles. The van der Waals surface area contributed by atoms with E-state index in [1.54, 1.807) is 35.0 Å². The van der Waals surface area contributed by atoms with Gasteiger partial charge in [0.1, 0.15) is 0 Å². The summed E-state index contributed by atoms with van der Waals surface area (Å²) in [6, 6.07) is 17.0. The fourth-order valence-corrected chi connectivity index (χ4v) is 5.68. The third kappa shape index (κ3) is 9.80. The molecule has 0 spiro atoms. The molecule has 2 heterocycles. The van der Waals surface area contributed by atoms with Crippen molar-refractivity contribution in [3.63, 3.8) is 0 Å². The Bertz CT molecular complexity index is 2330. The van der Waals surface area contributed by atoms with E-state index >= 15 is 0 Å². The molecule has 6 aromatic rings.